The van der Waals surface area contributed by atoms with Crippen molar-refractivity contribution in [1.29, 1.82) is 0 Å². The van der Waals surface area contributed by atoms with E-state index in [9.17, 15) is 13.2 Å². The van der Waals surface area contributed by atoms with Gasteiger partial charge in [-0.05, 0) is 17.7 Å². The maximum atomic E-state index is 12.3. The Morgan fingerprint density at radius 3 is 2.25 bits per heavy atom. The molecule has 0 saturated carbocycles. The number of benzene rings is 1. The van der Waals surface area contributed by atoms with Crippen molar-refractivity contribution in [2.45, 2.75) is 12.2 Å². The highest BCUT2D eigenvalue weighted by Crippen LogP contribution is 2.29. The van der Waals surface area contributed by atoms with Gasteiger partial charge in [0.15, 0.2) is 0 Å². The second-order valence-corrected chi connectivity index (χ2v) is 3.83. The smallest absolute Gasteiger partial charge is 0.314 e. The zero-order chi connectivity index (χ0) is 11.6. The topological polar surface area (TPSA) is 24.1 Å². The van der Waals surface area contributed by atoms with Crippen LogP contribution in [0.4, 0.5) is 13.2 Å². The molecular weight excluding hydrogens is 217 g/mol. The van der Waals surface area contributed by atoms with Crippen molar-refractivity contribution in [3.8, 4) is 0 Å². The Bertz CT molecular complexity index is 339. The van der Waals surface area contributed by atoms with E-state index in [4.69, 9.17) is 0 Å². The molecule has 1 fully saturated rings. The summed E-state index contributed by atoms with van der Waals surface area (Å²) in [5.74, 6) is 0. The first-order valence-corrected chi connectivity index (χ1v) is 5.18. The van der Waals surface area contributed by atoms with Crippen molar-refractivity contribution in [1.82, 2.24) is 10.6 Å². The van der Waals surface area contributed by atoms with Crippen molar-refractivity contribution in [3.05, 3.63) is 35.4 Å². The first-order chi connectivity index (χ1) is 7.57. The molecule has 5 heteroatoms. The molecule has 1 heterocycles. The number of hydrogen-bond acceptors (Lipinski definition) is 2. The lowest BCUT2D eigenvalue weighted by atomic mass is 10.0. The minimum absolute atomic E-state index is 0.107. The number of halogens is 3. The van der Waals surface area contributed by atoms with Gasteiger partial charge in [0.2, 0.25) is 0 Å². The highest BCUT2D eigenvalue weighted by atomic mass is 19.4. The van der Waals surface area contributed by atoms with Crippen LogP contribution in [-0.2, 0) is 6.18 Å². The fourth-order valence-corrected chi connectivity index (χ4v) is 1.79. The molecule has 1 aliphatic rings. The standard InChI is InChI=1S/C11H13F3N2/c12-11(13,14)9-3-1-8(2-4-9)10-7-15-5-6-16-10/h1-4,10,15-16H,5-7H2/t10-/m1/s1. The molecule has 88 valence electrons. The average Bonchev–Trinajstić information content (AvgIpc) is 2.29. The van der Waals surface area contributed by atoms with Crippen molar-refractivity contribution >= 4 is 0 Å². The predicted molar refractivity (Wildman–Crippen MR) is 55.1 cm³/mol. The van der Waals surface area contributed by atoms with Crippen LogP contribution in [-0.4, -0.2) is 19.6 Å². The van der Waals surface area contributed by atoms with E-state index in [-0.39, 0.29) is 6.04 Å². The van der Waals surface area contributed by atoms with Gasteiger partial charge in [-0.15, -0.1) is 0 Å². The Hall–Kier alpha value is -1.07. The number of hydrogen-bond donors (Lipinski definition) is 2. The molecule has 0 aliphatic carbocycles. The highest BCUT2D eigenvalue weighted by molar-refractivity contribution is 5.27. The van der Waals surface area contributed by atoms with Crippen LogP contribution in [0.5, 0.6) is 0 Å². The molecule has 2 rings (SSSR count). The lowest BCUT2D eigenvalue weighted by Gasteiger charge is -2.25. The molecule has 0 aromatic heterocycles. The van der Waals surface area contributed by atoms with Gasteiger partial charge >= 0.3 is 6.18 Å². The molecule has 1 aliphatic heterocycles. The van der Waals surface area contributed by atoms with Crippen molar-refractivity contribution in [3.63, 3.8) is 0 Å². The van der Waals surface area contributed by atoms with Crippen molar-refractivity contribution in [2.75, 3.05) is 19.6 Å². The Kier molecular flexibility index (Phi) is 3.16. The zero-order valence-electron chi connectivity index (χ0n) is 8.64. The van der Waals surface area contributed by atoms with Gasteiger partial charge in [-0.2, -0.15) is 13.2 Å². The summed E-state index contributed by atoms with van der Waals surface area (Å²) < 4.78 is 37.0. The molecule has 0 unspecified atom stereocenters. The van der Waals surface area contributed by atoms with Gasteiger partial charge in [-0.3, -0.25) is 0 Å². The monoisotopic (exact) mass is 230 g/mol. The first kappa shape index (κ1) is 11.4. The number of piperazine rings is 1. The van der Waals surface area contributed by atoms with Gasteiger partial charge in [-0.1, -0.05) is 12.1 Å². The molecule has 2 N–H and O–H groups in total. The summed E-state index contributed by atoms with van der Waals surface area (Å²) in [7, 11) is 0. The molecule has 2 nitrogen and oxygen atoms in total. The minimum Gasteiger partial charge on any atom is -0.314 e. The van der Waals surface area contributed by atoms with Crippen LogP contribution >= 0.6 is 0 Å². The van der Waals surface area contributed by atoms with E-state index in [1.54, 1.807) is 0 Å². The van der Waals surface area contributed by atoms with Crippen LogP contribution < -0.4 is 10.6 Å². The zero-order valence-corrected chi connectivity index (χ0v) is 8.64. The van der Waals surface area contributed by atoms with Gasteiger partial charge in [0.1, 0.15) is 0 Å². The van der Waals surface area contributed by atoms with Crippen LogP contribution in [0, 0.1) is 0 Å². The van der Waals surface area contributed by atoms with E-state index >= 15 is 0 Å². The summed E-state index contributed by atoms with van der Waals surface area (Å²) in [4.78, 5) is 0. The molecule has 1 aromatic rings. The van der Waals surface area contributed by atoms with Crippen LogP contribution in [0.25, 0.3) is 0 Å². The summed E-state index contributed by atoms with van der Waals surface area (Å²) in [5.41, 5.74) is 0.292. The molecular formula is C11H13F3N2. The molecule has 0 amide bonds. The number of rotatable bonds is 1. The second-order valence-electron chi connectivity index (χ2n) is 3.83. The third-order valence-corrected chi connectivity index (χ3v) is 2.68. The van der Waals surface area contributed by atoms with Gasteiger partial charge in [0, 0.05) is 25.7 Å². The highest BCUT2D eigenvalue weighted by Gasteiger charge is 2.30. The first-order valence-electron chi connectivity index (χ1n) is 5.18. The summed E-state index contributed by atoms with van der Waals surface area (Å²) in [6, 6.07) is 5.44. The maximum Gasteiger partial charge on any atom is 0.416 e. The molecule has 1 saturated heterocycles. The molecule has 1 aromatic carbocycles. The third-order valence-electron chi connectivity index (χ3n) is 2.68. The Morgan fingerprint density at radius 1 is 1.06 bits per heavy atom. The largest absolute Gasteiger partial charge is 0.416 e. The van der Waals surface area contributed by atoms with E-state index in [1.807, 2.05) is 0 Å². The Morgan fingerprint density at radius 2 is 1.75 bits per heavy atom. The molecule has 0 spiro atoms. The lowest BCUT2D eigenvalue weighted by molar-refractivity contribution is -0.137. The predicted octanol–water partition coefficient (Wildman–Crippen LogP) is 1.94. The fraction of sp³-hybridized carbons (Fsp3) is 0.455. The summed E-state index contributed by atoms with van der Waals surface area (Å²) in [6.45, 7) is 2.49. The van der Waals surface area contributed by atoms with Gasteiger partial charge in [-0.25, -0.2) is 0 Å². The van der Waals surface area contributed by atoms with Crippen LogP contribution in [0.3, 0.4) is 0 Å². The quantitative estimate of drug-likeness (QED) is 0.770. The van der Waals surface area contributed by atoms with Gasteiger partial charge in [0.25, 0.3) is 0 Å². The lowest BCUT2D eigenvalue weighted by Crippen LogP contribution is -2.42. The maximum absolute atomic E-state index is 12.3. The molecule has 1 atom stereocenters. The molecule has 0 radical (unpaired) electrons. The second kappa shape index (κ2) is 4.43. The number of nitrogens with one attached hydrogen (secondary N) is 2. The average molecular weight is 230 g/mol. The van der Waals surface area contributed by atoms with E-state index in [2.05, 4.69) is 10.6 Å². The SMILES string of the molecule is FC(F)(F)c1ccc([C@H]2CNCCN2)cc1. The van der Waals surface area contributed by atoms with Crippen LogP contribution in [0.15, 0.2) is 24.3 Å². The summed E-state index contributed by atoms with van der Waals surface area (Å²) in [6.07, 6.45) is -4.25. The Labute approximate surface area is 91.8 Å². The third kappa shape index (κ3) is 2.54. The van der Waals surface area contributed by atoms with E-state index in [1.165, 1.54) is 12.1 Å². The van der Waals surface area contributed by atoms with E-state index in [0.717, 1.165) is 37.3 Å². The number of alkyl halides is 3. The van der Waals surface area contributed by atoms with Crippen LogP contribution in [0.1, 0.15) is 17.2 Å². The van der Waals surface area contributed by atoms with Crippen molar-refractivity contribution in [2.24, 2.45) is 0 Å². The molecule has 0 bridgehead atoms. The normalized spacial score (nSPS) is 22.1. The van der Waals surface area contributed by atoms with Crippen LogP contribution in [0.2, 0.25) is 0 Å². The van der Waals surface area contributed by atoms with Gasteiger partial charge in [0.05, 0.1) is 5.56 Å². The fourth-order valence-electron chi connectivity index (χ4n) is 1.79. The minimum atomic E-state index is -4.25. The van der Waals surface area contributed by atoms with Crippen molar-refractivity contribution < 1.29 is 13.2 Å². The van der Waals surface area contributed by atoms with E-state index in [0.29, 0.717) is 0 Å². The summed E-state index contributed by atoms with van der Waals surface area (Å²) in [5, 5.41) is 6.44. The van der Waals surface area contributed by atoms with E-state index < -0.39 is 11.7 Å². The molecule has 16 heavy (non-hydrogen) atoms. The van der Waals surface area contributed by atoms with Gasteiger partial charge < -0.3 is 10.6 Å². The Balaban J connectivity index is 2.12. The summed E-state index contributed by atoms with van der Waals surface area (Å²) >= 11 is 0.